The molecule has 0 saturated carbocycles. The van der Waals surface area contributed by atoms with Crippen LogP contribution in [0, 0.1) is 6.92 Å². The zero-order valence-corrected chi connectivity index (χ0v) is 16.5. The summed E-state index contributed by atoms with van der Waals surface area (Å²) in [4.78, 5) is 4.96. The molecule has 4 rings (SSSR count). The predicted octanol–water partition coefficient (Wildman–Crippen LogP) is 6.36. The van der Waals surface area contributed by atoms with Gasteiger partial charge in [-0.25, -0.2) is 4.98 Å². The Balaban J connectivity index is 1.81. The zero-order valence-electron chi connectivity index (χ0n) is 16.5. The topological polar surface area (TPSA) is 17.8 Å². The molecule has 0 radical (unpaired) electrons. The summed E-state index contributed by atoms with van der Waals surface area (Å²) in [6.45, 7) is 9.72. The van der Waals surface area contributed by atoms with E-state index >= 15 is 0 Å². The summed E-state index contributed by atoms with van der Waals surface area (Å²) in [5.41, 5.74) is 7.49. The largest absolute Gasteiger partial charge is 0.319 e. The van der Waals surface area contributed by atoms with Gasteiger partial charge in [0, 0.05) is 12.1 Å². The number of benzene rings is 3. The first-order chi connectivity index (χ1) is 12.9. The van der Waals surface area contributed by atoms with E-state index in [9.17, 15) is 0 Å². The van der Waals surface area contributed by atoms with Crippen LogP contribution in [-0.2, 0) is 12.0 Å². The molecular weight excluding hydrogens is 328 g/mol. The summed E-state index contributed by atoms with van der Waals surface area (Å²) in [7, 11) is 0. The lowest BCUT2D eigenvalue weighted by Gasteiger charge is -2.19. The Morgan fingerprint density at radius 2 is 1.48 bits per heavy atom. The summed E-state index contributed by atoms with van der Waals surface area (Å²) >= 11 is 0. The highest BCUT2D eigenvalue weighted by molar-refractivity contribution is 5.81. The summed E-state index contributed by atoms with van der Waals surface area (Å²) < 4.78 is 2.34. The molecule has 0 fully saturated rings. The highest BCUT2D eigenvalue weighted by Gasteiger charge is 2.16. The predicted molar refractivity (Wildman–Crippen MR) is 114 cm³/mol. The van der Waals surface area contributed by atoms with Crippen molar-refractivity contribution in [2.75, 3.05) is 0 Å². The van der Waals surface area contributed by atoms with E-state index in [0.717, 1.165) is 17.9 Å². The van der Waals surface area contributed by atoms with Crippen LogP contribution >= 0.6 is 0 Å². The van der Waals surface area contributed by atoms with Gasteiger partial charge in [-0.05, 0) is 41.2 Å². The van der Waals surface area contributed by atoms with E-state index < -0.39 is 0 Å². The fourth-order valence-corrected chi connectivity index (χ4v) is 3.56. The molecule has 4 aromatic rings. The minimum Gasteiger partial charge on any atom is -0.319 e. The summed E-state index contributed by atoms with van der Waals surface area (Å²) in [6.07, 6.45) is 0. The van der Waals surface area contributed by atoms with Crippen molar-refractivity contribution < 1.29 is 0 Å². The SMILES string of the molecule is Cc1ccccc1-c1nc2ccccc2n1Cc1ccc(C(C)(C)C)cc1. The number of aryl methyl sites for hydroxylation is 1. The minimum absolute atomic E-state index is 0.173. The molecule has 27 heavy (non-hydrogen) atoms. The van der Waals surface area contributed by atoms with Crippen LogP contribution in [0.5, 0.6) is 0 Å². The van der Waals surface area contributed by atoms with Gasteiger partial charge >= 0.3 is 0 Å². The van der Waals surface area contributed by atoms with Crippen LogP contribution in [0.15, 0.2) is 72.8 Å². The molecule has 0 atom stereocenters. The first-order valence-corrected chi connectivity index (χ1v) is 9.54. The van der Waals surface area contributed by atoms with Gasteiger partial charge in [0.1, 0.15) is 5.82 Å². The molecular formula is C25H26N2. The van der Waals surface area contributed by atoms with Gasteiger partial charge in [-0.3, -0.25) is 0 Å². The third-order valence-corrected chi connectivity index (χ3v) is 5.20. The number of nitrogens with zero attached hydrogens (tertiary/aromatic N) is 2. The Kier molecular flexibility index (Phi) is 4.35. The fraction of sp³-hybridized carbons (Fsp3) is 0.240. The second kappa shape index (κ2) is 6.70. The van der Waals surface area contributed by atoms with Gasteiger partial charge in [-0.2, -0.15) is 0 Å². The molecule has 0 spiro atoms. The van der Waals surface area contributed by atoms with Crippen molar-refractivity contribution in [3.63, 3.8) is 0 Å². The summed E-state index contributed by atoms with van der Waals surface area (Å²) in [5, 5.41) is 0. The average Bonchev–Trinajstić information content (AvgIpc) is 3.00. The molecule has 0 aliphatic carbocycles. The molecule has 0 saturated heterocycles. The molecule has 1 heterocycles. The van der Waals surface area contributed by atoms with Gasteiger partial charge in [-0.15, -0.1) is 0 Å². The number of hydrogen-bond acceptors (Lipinski definition) is 1. The standard InChI is InChI=1S/C25H26N2/c1-18-9-5-6-10-21(18)24-26-22-11-7-8-12-23(22)27(24)17-19-13-15-20(16-14-19)25(2,3)4/h5-16H,17H2,1-4H3. The zero-order chi connectivity index (χ0) is 19.0. The van der Waals surface area contributed by atoms with E-state index in [2.05, 4.69) is 105 Å². The molecule has 0 aliphatic rings. The molecule has 0 amide bonds. The van der Waals surface area contributed by atoms with Crippen LogP contribution < -0.4 is 0 Å². The molecule has 3 aromatic carbocycles. The van der Waals surface area contributed by atoms with Crippen molar-refractivity contribution in [1.82, 2.24) is 9.55 Å². The van der Waals surface area contributed by atoms with Crippen molar-refractivity contribution in [3.05, 3.63) is 89.5 Å². The van der Waals surface area contributed by atoms with E-state index in [1.165, 1.54) is 27.8 Å². The molecule has 1 aromatic heterocycles. The van der Waals surface area contributed by atoms with Crippen molar-refractivity contribution in [2.45, 2.75) is 39.7 Å². The number of imidazole rings is 1. The Bertz CT molecular complexity index is 1080. The van der Waals surface area contributed by atoms with Gasteiger partial charge < -0.3 is 4.57 Å². The molecule has 136 valence electrons. The van der Waals surface area contributed by atoms with Crippen LogP contribution in [0.2, 0.25) is 0 Å². The van der Waals surface area contributed by atoms with E-state index in [1.807, 2.05) is 0 Å². The Hall–Kier alpha value is -2.87. The molecule has 0 unspecified atom stereocenters. The van der Waals surface area contributed by atoms with Crippen LogP contribution in [0.25, 0.3) is 22.4 Å². The lowest BCUT2D eigenvalue weighted by molar-refractivity contribution is 0.590. The number of aromatic nitrogens is 2. The second-order valence-corrected chi connectivity index (χ2v) is 8.27. The number of para-hydroxylation sites is 2. The summed E-state index contributed by atoms with van der Waals surface area (Å²) in [6, 6.07) is 25.9. The lowest BCUT2D eigenvalue weighted by atomic mass is 9.87. The molecule has 0 aliphatic heterocycles. The molecule has 0 bridgehead atoms. The molecule has 0 N–H and O–H groups in total. The third-order valence-electron chi connectivity index (χ3n) is 5.20. The quantitative estimate of drug-likeness (QED) is 0.419. The van der Waals surface area contributed by atoms with E-state index in [0.29, 0.717) is 0 Å². The first-order valence-electron chi connectivity index (χ1n) is 9.54. The monoisotopic (exact) mass is 354 g/mol. The second-order valence-electron chi connectivity index (χ2n) is 8.27. The van der Waals surface area contributed by atoms with Crippen LogP contribution in [0.3, 0.4) is 0 Å². The Labute approximate surface area is 161 Å². The maximum Gasteiger partial charge on any atom is 0.141 e. The number of hydrogen-bond donors (Lipinski definition) is 0. The number of rotatable bonds is 3. The van der Waals surface area contributed by atoms with Gasteiger partial charge in [-0.1, -0.05) is 81.4 Å². The molecule has 2 nitrogen and oxygen atoms in total. The van der Waals surface area contributed by atoms with Crippen molar-refractivity contribution in [2.24, 2.45) is 0 Å². The van der Waals surface area contributed by atoms with Gasteiger partial charge in [0.15, 0.2) is 0 Å². The number of fused-ring (bicyclic) bond motifs is 1. The normalized spacial score (nSPS) is 11.9. The highest BCUT2D eigenvalue weighted by atomic mass is 15.1. The third kappa shape index (κ3) is 3.40. The minimum atomic E-state index is 0.173. The van der Waals surface area contributed by atoms with Gasteiger partial charge in [0.2, 0.25) is 0 Å². The van der Waals surface area contributed by atoms with E-state index in [-0.39, 0.29) is 5.41 Å². The van der Waals surface area contributed by atoms with Crippen LogP contribution in [-0.4, -0.2) is 9.55 Å². The highest BCUT2D eigenvalue weighted by Crippen LogP contribution is 2.29. The maximum absolute atomic E-state index is 4.96. The van der Waals surface area contributed by atoms with Crippen molar-refractivity contribution in [1.29, 1.82) is 0 Å². The summed E-state index contributed by atoms with van der Waals surface area (Å²) in [5.74, 6) is 1.04. The smallest absolute Gasteiger partial charge is 0.141 e. The maximum atomic E-state index is 4.96. The van der Waals surface area contributed by atoms with Crippen LogP contribution in [0.1, 0.15) is 37.5 Å². The van der Waals surface area contributed by atoms with Crippen molar-refractivity contribution >= 4 is 11.0 Å². The van der Waals surface area contributed by atoms with Gasteiger partial charge in [0.25, 0.3) is 0 Å². The fourth-order valence-electron chi connectivity index (χ4n) is 3.56. The van der Waals surface area contributed by atoms with E-state index in [4.69, 9.17) is 4.98 Å². The lowest BCUT2D eigenvalue weighted by Crippen LogP contribution is -2.11. The molecule has 2 heteroatoms. The van der Waals surface area contributed by atoms with Crippen molar-refractivity contribution in [3.8, 4) is 11.4 Å². The van der Waals surface area contributed by atoms with Gasteiger partial charge in [0.05, 0.1) is 11.0 Å². The Morgan fingerprint density at radius 1 is 0.815 bits per heavy atom. The van der Waals surface area contributed by atoms with Crippen LogP contribution in [0.4, 0.5) is 0 Å². The van der Waals surface area contributed by atoms with E-state index in [1.54, 1.807) is 0 Å². The average molecular weight is 354 g/mol. The first kappa shape index (κ1) is 17.5. The Morgan fingerprint density at radius 3 is 2.19 bits per heavy atom.